The summed E-state index contributed by atoms with van der Waals surface area (Å²) in [5.74, 6) is 4.94. The van der Waals surface area contributed by atoms with Gasteiger partial charge >= 0.3 is 0 Å². The van der Waals surface area contributed by atoms with E-state index >= 15 is 0 Å². The van der Waals surface area contributed by atoms with Crippen LogP contribution in [-0.2, 0) is 0 Å². The minimum Gasteiger partial charge on any atom is -0.456 e. The summed E-state index contributed by atoms with van der Waals surface area (Å²) in [6.07, 6.45) is 0. The van der Waals surface area contributed by atoms with Crippen LogP contribution in [0.2, 0.25) is 0 Å². The monoisotopic (exact) mass is 1690 g/mol. The van der Waals surface area contributed by atoms with E-state index in [1.54, 1.807) is 0 Å². The van der Waals surface area contributed by atoms with Crippen LogP contribution in [0.3, 0.4) is 0 Å². The number of hydrogen-bond acceptors (Lipinski definition) is 12. The molecule has 0 bridgehead atoms. The topological polar surface area (TPSA) is 155 Å². The number of nitrogens with zero attached hydrogens (tertiary/aromatic N) is 9. The lowest BCUT2D eigenvalue weighted by atomic mass is 9.90. The summed E-state index contributed by atoms with van der Waals surface area (Å²) in [7, 11) is 0. The first-order chi connectivity index (χ1) is 65.8. The van der Waals surface area contributed by atoms with E-state index in [1.807, 2.05) is 24.3 Å². The molecule has 6 aromatic heterocycles. The van der Waals surface area contributed by atoms with Crippen molar-refractivity contribution in [1.82, 2.24) is 44.9 Å². The Kier molecular flexibility index (Phi) is 16.3. The number of fused-ring (bicyclic) bond motifs is 25. The van der Waals surface area contributed by atoms with Crippen LogP contribution in [0.4, 0.5) is 0 Å². The van der Waals surface area contributed by atoms with Gasteiger partial charge < -0.3 is 13.3 Å². The molecule has 12 heteroatoms. The molecule has 0 unspecified atom stereocenters. The van der Waals surface area contributed by atoms with Gasteiger partial charge in [0.25, 0.3) is 0 Å². The van der Waals surface area contributed by atoms with Crippen LogP contribution in [-0.4, -0.2) is 44.9 Å². The maximum absolute atomic E-state index is 7.03. The lowest BCUT2D eigenvalue weighted by Gasteiger charge is -2.15. The molecule has 0 amide bonds. The third kappa shape index (κ3) is 12.1. The zero-order chi connectivity index (χ0) is 87.0. The van der Waals surface area contributed by atoms with Crippen LogP contribution in [0.15, 0.2) is 420 Å². The SMILES string of the molecule is c1cc(-c2nc(-c3ccc4ccccc4c3)nc(-c3ccc4ccc5ccc6oc7ccccc7c6c5c4c3)n2)cc(-c2cc3oc4ccccc4c3c3c2ccc2ccc(-c4nc(-c5cccc(-c6cc7oc8ccccc8c7c7c6ccc6ccc(-c8nc(-c9ccc%10ccccc%10c9)nc(-c9ccc%10ccccc%10c9)n8)cc67)c5)nc(-c5cccc6ccccc56)n4)cc23)c1. The van der Waals surface area contributed by atoms with Gasteiger partial charge in [-0.2, -0.15) is 0 Å². The third-order valence-corrected chi connectivity index (χ3v) is 26.9. The number of hydrogen-bond donors (Lipinski definition) is 0. The molecule has 28 aromatic rings. The van der Waals surface area contributed by atoms with Crippen molar-refractivity contribution >= 4 is 174 Å². The summed E-state index contributed by atoms with van der Waals surface area (Å²) in [5.41, 5.74) is 16.3. The maximum atomic E-state index is 7.03. The van der Waals surface area contributed by atoms with Crippen LogP contribution >= 0.6 is 0 Å². The molecule has 133 heavy (non-hydrogen) atoms. The van der Waals surface area contributed by atoms with Gasteiger partial charge in [0, 0.05) is 98.5 Å². The van der Waals surface area contributed by atoms with E-state index in [-0.39, 0.29) is 0 Å². The molecule has 0 saturated carbocycles. The van der Waals surface area contributed by atoms with Crippen molar-refractivity contribution in [2.75, 3.05) is 0 Å². The van der Waals surface area contributed by atoms with Crippen LogP contribution in [0, 0.1) is 0 Å². The molecule has 0 radical (unpaired) electrons. The lowest BCUT2D eigenvalue weighted by Crippen LogP contribution is -2.01. The van der Waals surface area contributed by atoms with Gasteiger partial charge in [-0.1, -0.05) is 322 Å². The standard InChI is InChI=1S/C121H67N9O3/c1-4-22-76-58-83(46-38-68(76)18-1)115-122-113(123-118(126-115)86-49-42-72-41-45-75-54-57-104-110(107(75)98(72)63-86)93-31-9-12-35-101(93)131-104)81-28-15-26-79(61-81)96-66-105-112(95-33-11-14-37-103(95)132-105)109-90(96)56-53-74-44-51-88(65-100(74)109)120-124-114(129-121(130-120)92-34-17-25-71-21-7-8-30-89(71)92)82-29-16-27-80(62-82)97-67-106-111(94-32-10-13-36-102(94)133-106)108-91(97)55-52-73-43-50-87(64-99(73)108)119-127-116(84-47-39-69-19-2-5-23-77(69)59-84)125-117(128-119)85-48-40-70-20-3-6-24-78(70)60-85/h1-67H. The van der Waals surface area contributed by atoms with Crippen LogP contribution in [0.25, 0.3) is 298 Å². The Balaban J connectivity index is 0.599. The Morgan fingerprint density at radius 3 is 0.827 bits per heavy atom. The quantitative estimate of drug-likeness (QED) is 0.113. The molecule has 0 aliphatic heterocycles. The molecular formula is C121H67N9O3. The van der Waals surface area contributed by atoms with E-state index in [4.69, 9.17) is 58.1 Å². The molecule has 0 aliphatic rings. The highest BCUT2D eigenvalue weighted by Gasteiger charge is 2.26. The molecule has 28 rings (SSSR count). The first-order valence-corrected chi connectivity index (χ1v) is 44.7. The summed E-state index contributed by atoms with van der Waals surface area (Å²) < 4.78 is 20.5. The second-order valence-electron chi connectivity index (χ2n) is 34.6. The van der Waals surface area contributed by atoms with E-state index in [2.05, 4.69) is 382 Å². The second-order valence-corrected chi connectivity index (χ2v) is 34.6. The molecule has 0 N–H and O–H groups in total. The number of furan rings is 3. The van der Waals surface area contributed by atoms with E-state index < -0.39 is 0 Å². The minimum absolute atomic E-state index is 0.510. The molecule has 0 fully saturated rings. The number of para-hydroxylation sites is 3. The average molecular weight is 1690 g/mol. The molecule has 0 saturated heterocycles. The van der Waals surface area contributed by atoms with E-state index in [0.717, 1.165) is 246 Å². The van der Waals surface area contributed by atoms with Gasteiger partial charge in [-0.05, 0) is 199 Å². The van der Waals surface area contributed by atoms with Gasteiger partial charge in [-0.15, -0.1) is 0 Å². The summed E-state index contributed by atoms with van der Waals surface area (Å²) in [6, 6.07) is 143. The van der Waals surface area contributed by atoms with Gasteiger partial charge in [0.05, 0.1) is 0 Å². The molecule has 6 heterocycles. The summed E-state index contributed by atoms with van der Waals surface area (Å²) in [6.45, 7) is 0. The highest BCUT2D eigenvalue weighted by molar-refractivity contribution is 6.32. The van der Waals surface area contributed by atoms with E-state index in [9.17, 15) is 0 Å². The van der Waals surface area contributed by atoms with Crippen LogP contribution < -0.4 is 0 Å². The average Bonchev–Trinajstić information content (AvgIpc) is 1.63. The van der Waals surface area contributed by atoms with Crippen molar-refractivity contribution in [3.63, 3.8) is 0 Å². The molecule has 22 aromatic carbocycles. The maximum Gasteiger partial charge on any atom is 0.164 e. The van der Waals surface area contributed by atoms with Crippen molar-refractivity contribution < 1.29 is 13.3 Å². The normalized spacial score (nSPS) is 12.1. The third-order valence-electron chi connectivity index (χ3n) is 26.9. The Hall–Kier alpha value is -18.1. The summed E-state index contributed by atoms with van der Waals surface area (Å²) in [5, 5.41) is 27.7. The Morgan fingerprint density at radius 1 is 0.120 bits per heavy atom. The molecule has 0 atom stereocenters. The molecule has 0 spiro atoms. The van der Waals surface area contributed by atoms with Gasteiger partial charge in [-0.3, -0.25) is 0 Å². The van der Waals surface area contributed by atoms with Crippen LogP contribution in [0.5, 0.6) is 0 Å². The molecule has 614 valence electrons. The lowest BCUT2D eigenvalue weighted by molar-refractivity contribution is 0.669. The minimum atomic E-state index is 0.510. The molecular weight excluding hydrogens is 1630 g/mol. The summed E-state index contributed by atoms with van der Waals surface area (Å²) >= 11 is 0. The first-order valence-electron chi connectivity index (χ1n) is 44.7. The Labute approximate surface area is 757 Å². The van der Waals surface area contributed by atoms with Crippen LogP contribution in [0.1, 0.15) is 0 Å². The van der Waals surface area contributed by atoms with Crippen molar-refractivity contribution in [2.24, 2.45) is 0 Å². The van der Waals surface area contributed by atoms with E-state index in [1.165, 1.54) is 0 Å². The Morgan fingerprint density at radius 2 is 0.398 bits per heavy atom. The zero-order valence-electron chi connectivity index (χ0n) is 70.9. The van der Waals surface area contributed by atoms with Crippen molar-refractivity contribution in [2.45, 2.75) is 0 Å². The highest BCUT2D eigenvalue weighted by atomic mass is 16.3. The zero-order valence-corrected chi connectivity index (χ0v) is 70.9. The second kappa shape index (κ2) is 29.2. The fourth-order valence-electron chi connectivity index (χ4n) is 20.5. The molecule has 12 nitrogen and oxygen atoms in total. The van der Waals surface area contributed by atoms with Gasteiger partial charge in [0.2, 0.25) is 0 Å². The fourth-order valence-corrected chi connectivity index (χ4v) is 20.5. The van der Waals surface area contributed by atoms with Gasteiger partial charge in [0.15, 0.2) is 52.4 Å². The molecule has 0 aliphatic carbocycles. The number of aromatic nitrogens is 9. The highest BCUT2D eigenvalue weighted by Crippen LogP contribution is 2.49. The van der Waals surface area contributed by atoms with Crippen molar-refractivity contribution in [3.8, 4) is 125 Å². The Bertz CT molecular complexity index is 9820. The van der Waals surface area contributed by atoms with Crippen molar-refractivity contribution in [3.05, 3.63) is 406 Å². The largest absolute Gasteiger partial charge is 0.456 e. The van der Waals surface area contributed by atoms with Gasteiger partial charge in [-0.25, -0.2) is 44.9 Å². The number of benzene rings is 22. The van der Waals surface area contributed by atoms with Gasteiger partial charge in [0.1, 0.15) is 33.5 Å². The first kappa shape index (κ1) is 74.0. The fraction of sp³-hybridized carbons (Fsp3) is 0. The van der Waals surface area contributed by atoms with E-state index in [0.29, 0.717) is 52.4 Å². The number of rotatable bonds is 11. The summed E-state index contributed by atoms with van der Waals surface area (Å²) in [4.78, 5) is 49.0. The smallest absolute Gasteiger partial charge is 0.164 e. The predicted molar refractivity (Wildman–Crippen MR) is 543 cm³/mol. The van der Waals surface area contributed by atoms with Crippen molar-refractivity contribution in [1.29, 1.82) is 0 Å². The predicted octanol–water partition coefficient (Wildman–Crippen LogP) is 31.8.